The zero-order chi connectivity index (χ0) is 7.97. The van der Waals surface area contributed by atoms with Gasteiger partial charge in [0.25, 0.3) is 0 Å². The van der Waals surface area contributed by atoms with Crippen LogP contribution in [0.4, 0.5) is 0 Å². The molecule has 1 N–H and O–H groups in total. The topological polar surface area (TPSA) is 50.3 Å². The summed E-state index contributed by atoms with van der Waals surface area (Å²) >= 11 is 0. The fraction of sp³-hybridized carbons (Fsp3) is 0.250. The van der Waals surface area contributed by atoms with Crippen molar-refractivity contribution in [2.75, 3.05) is 0 Å². The summed E-state index contributed by atoms with van der Waals surface area (Å²) < 4.78 is 5.26. The fourth-order valence-corrected chi connectivity index (χ4v) is 1.60. The lowest BCUT2D eigenvalue weighted by molar-refractivity contribution is 0.164. The number of hydrogen-bond acceptors (Lipinski definition) is 3. The van der Waals surface area contributed by atoms with E-state index in [4.69, 9.17) is 4.74 Å². The predicted octanol–water partition coefficient (Wildman–Crippen LogP) is 0.796. The van der Waals surface area contributed by atoms with Crippen LogP contribution < -0.4 is 0 Å². The molecule has 0 aromatic carbocycles. The molecular weight excluding hydrogens is 154 g/mol. The standard InChI is InChI=1S/C8H7N3O/c1-2-12-8-5(1)6-3-10-11-7(6)4-9-8/h1-5,8H,(H,10,11). The summed E-state index contributed by atoms with van der Waals surface area (Å²) in [6.45, 7) is 0. The zero-order valence-corrected chi connectivity index (χ0v) is 6.27. The number of aromatic amines is 1. The summed E-state index contributed by atoms with van der Waals surface area (Å²) in [6.07, 6.45) is 7.26. The summed E-state index contributed by atoms with van der Waals surface area (Å²) in [4.78, 5) is 4.22. The third kappa shape index (κ3) is 0.617. The van der Waals surface area contributed by atoms with E-state index in [9.17, 15) is 0 Å². The van der Waals surface area contributed by atoms with Crippen molar-refractivity contribution >= 4 is 6.21 Å². The maximum Gasteiger partial charge on any atom is 0.199 e. The van der Waals surface area contributed by atoms with Crippen LogP contribution in [0.1, 0.15) is 17.2 Å². The Morgan fingerprint density at radius 2 is 2.50 bits per heavy atom. The van der Waals surface area contributed by atoms with Gasteiger partial charge in [-0.2, -0.15) is 5.10 Å². The van der Waals surface area contributed by atoms with Gasteiger partial charge < -0.3 is 4.74 Å². The first-order valence-corrected chi connectivity index (χ1v) is 3.84. The minimum Gasteiger partial charge on any atom is -0.476 e. The number of hydrogen-bond donors (Lipinski definition) is 1. The molecule has 0 fully saturated rings. The molecule has 0 amide bonds. The summed E-state index contributed by atoms with van der Waals surface area (Å²) in [5, 5.41) is 6.84. The van der Waals surface area contributed by atoms with Crippen LogP contribution in [0.25, 0.3) is 0 Å². The van der Waals surface area contributed by atoms with Crippen LogP contribution in [0.2, 0.25) is 0 Å². The highest BCUT2D eigenvalue weighted by molar-refractivity contribution is 5.81. The van der Waals surface area contributed by atoms with Gasteiger partial charge in [0, 0.05) is 5.56 Å². The first-order valence-electron chi connectivity index (χ1n) is 3.84. The summed E-state index contributed by atoms with van der Waals surface area (Å²) in [5.74, 6) is 0.253. The van der Waals surface area contributed by atoms with E-state index < -0.39 is 0 Å². The minimum atomic E-state index is -0.0601. The van der Waals surface area contributed by atoms with Gasteiger partial charge in [-0.3, -0.25) is 5.10 Å². The molecule has 2 aliphatic rings. The minimum absolute atomic E-state index is 0.0601. The lowest BCUT2D eigenvalue weighted by atomic mass is 9.97. The Balaban J connectivity index is 2.17. The third-order valence-corrected chi connectivity index (χ3v) is 2.22. The van der Waals surface area contributed by atoms with Gasteiger partial charge in [-0.05, 0) is 6.08 Å². The van der Waals surface area contributed by atoms with Crippen molar-refractivity contribution in [2.24, 2.45) is 4.99 Å². The molecule has 60 valence electrons. The van der Waals surface area contributed by atoms with E-state index in [1.807, 2.05) is 12.3 Å². The number of aliphatic imine (C=N–C) groups is 1. The van der Waals surface area contributed by atoms with Crippen molar-refractivity contribution in [1.29, 1.82) is 0 Å². The number of rotatable bonds is 0. The van der Waals surface area contributed by atoms with Gasteiger partial charge in [0.05, 0.1) is 30.3 Å². The number of nitrogens with one attached hydrogen (secondary N) is 1. The van der Waals surface area contributed by atoms with Crippen LogP contribution >= 0.6 is 0 Å². The van der Waals surface area contributed by atoms with Gasteiger partial charge in [0.15, 0.2) is 6.23 Å². The zero-order valence-electron chi connectivity index (χ0n) is 6.27. The Labute approximate surface area is 69.0 Å². The lowest BCUT2D eigenvalue weighted by Crippen LogP contribution is -2.17. The van der Waals surface area contributed by atoms with Gasteiger partial charge in [0.1, 0.15) is 0 Å². The monoisotopic (exact) mass is 161 g/mol. The number of aromatic nitrogens is 2. The molecule has 4 heteroatoms. The highest BCUT2D eigenvalue weighted by Gasteiger charge is 2.30. The Morgan fingerprint density at radius 3 is 3.50 bits per heavy atom. The van der Waals surface area contributed by atoms with E-state index in [1.54, 1.807) is 12.5 Å². The summed E-state index contributed by atoms with van der Waals surface area (Å²) in [7, 11) is 0. The number of nitrogens with zero attached hydrogens (tertiary/aromatic N) is 2. The van der Waals surface area contributed by atoms with Gasteiger partial charge in [0.2, 0.25) is 0 Å². The molecule has 1 aromatic rings. The molecule has 0 spiro atoms. The Hall–Kier alpha value is -1.58. The average Bonchev–Trinajstić information content (AvgIpc) is 2.71. The van der Waals surface area contributed by atoms with Crippen LogP contribution in [-0.4, -0.2) is 22.6 Å². The highest BCUT2D eigenvalue weighted by atomic mass is 16.5. The van der Waals surface area contributed by atoms with Crippen LogP contribution in [0.15, 0.2) is 23.5 Å². The average molecular weight is 161 g/mol. The van der Waals surface area contributed by atoms with Gasteiger partial charge in [-0.15, -0.1) is 0 Å². The fourth-order valence-electron chi connectivity index (χ4n) is 1.60. The molecule has 2 aliphatic heterocycles. The number of fused-ring (bicyclic) bond motifs is 3. The second-order valence-electron chi connectivity index (χ2n) is 2.90. The quantitative estimate of drug-likeness (QED) is 0.611. The molecule has 0 saturated heterocycles. The Bertz CT molecular complexity index is 366. The maximum absolute atomic E-state index is 5.26. The largest absolute Gasteiger partial charge is 0.476 e. The molecule has 2 atom stereocenters. The molecule has 3 heterocycles. The first-order chi connectivity index (χ1) is 5.95. The van der Waals surface area contributed by atoms with E-state index >= 15 is 0 Å². The molecule has 3 rings (SSSR count). The van der Waals surface area contributed by atoms with Crippen LogP contribution in [0, 0.1) is 0 Å². The van der Waals surface area contributed by atoms with E-state index in [-0.39, 0.29) is 12.1 Å². The summed E-state index contributed by atoms with van der Waals surface area (Å²) in [5.41, 5.74) is 2.16. The van der Waals surface area contributed by atoms with E-state index in [1.165, 1.54) is 5.56 Å². The molecule has 0 radical (unpaired) electrons. The number of H-pyrrole nitrogens is 1. The molecular formula is C8H7N3O. The molecule has 12 heavy (non-hydrogen) atoms. The highest BCUT2D eigenvalue weighted by Crippen LogP contribution is 2.32. The first kappa shape index (κ1) is 5.99. The van der Waals surface area contributed by atoms with Gasteiger partial charge >= 0.3 is 0 Å². The van der Waals surface area contributed by atoms with E-state index in [0.29, 0.717) is 0 Å². The van der Waals surface area contributed by atoms with Crippen molar-refractivity contribution in [2.45, 2.75) is 12.1 Å². The molecule has 0 aliphatic carbocycles. The van der Waals surface area contributed by atoms with Crippen molar-refractivity contribution in [3.05, 3.63) is 29.8 Å². The Kier molecular flexibility index (Phi) is 0.983. The molecule has 1 aromatic heterocycles. The van der Waals surface area contributed by atoms with Crippen molar-refractivity contribution in [3.8, 4) is 0 Å². The van der Waals surface area contributed by atoms with Crippen molar-refractivity contribution < 1.29 is 4.74 Å². The van der Waals surface area contributed by atoms with Crippen molar-refractivity contribution in [1.82, 2.24) is 10.2 Å². The SMILES string of the molecule is C1=CC2c3cn[nH]c3C=NC2O1. The number of ether oxygens (including phenoxy) is 1. The lowest BCUT2D eigenvalue weighted by Gasteiger charge is -2.17. The second kappa shape index (κ2) is 1.97. The summed E-state index contributed by atoms with van der Waals surface area (Å²) in [6, 6.07) is 0. The predicted molar refractivity (Wildman–Crippen MR) is 42.9 cm³/mol. The van der Waals surface area contributed by atoms with Crippen molar-refractivity contribution in [3.63, 3.8) is 0 Å². The molecule has 0 bridgehead atoms. The second-order valence-corrected chi connectivity index (χ2v) is 2.90. The smallest absolute Gasteiger partial charge is 0.199 e. The van der Waals surface area contributed by atoms with Gasteiger partial charge in [-0.1, -0.05) is 0 Å². The molecule has 4 nitrogen and oxygen atoms in total. The van der Waals surface area contributed by atoms with E-state index in [2.05, 4.69) is 15.2 Å². The van der Waals surface area contributed by atoms with Crippen LogP contribution in [0.5, 0.6) is 0 Å². The maximum atomic E-state index is 5.26. The van der Waals surface area contributed by atoms with Gasteiger partial charge in [-0.25, -0.2) is 4.99 Å². The normalized spacial score (nSPS) is 29.7. The van der Waals surface area contributed by atoms with Crippen LogP contribution in [-0.2, 0) is 4.74 Å². The van der Waals surface area contributed by atoms with Crippen LogP contribution in [0.3, 0.4) is 0 Å². The third-order valence-electron chi connectivity index (χ3n) is 2.22. The Morgan fingerprint density at radius 1 is 1.50 bits per heavy atom. The molecule has 0 saturated carbocycles. The molecule has 2 unspecified atom stereocenters. The van der Waals surface area contributed by atoms with E-state index in [0.717, 1.165) is 5.69 Å².